The van der Waals surface area contributed by atoms with Crippen molar-refractivity contribution in [2.45, 2.75) is 6.10 Å². The summed E-state index contributed by atoms with van der Waals surface area (Å²) in [6.07, 6.45) is 0.903. The zero-order chi connectivity index (χ0) is 8.48. The number of hydrogen-bond acceptors (Lipinski definition) is 5. The van der Waals surface area contributed by atoms with Gasteiger partial charge in [0.2, 0.25) is 0 Å². The Morgan fingerprint density at radius 3 is 2.73 bits per heavy atom. The van der Waals surface area contributed by atoms with E-state index in [1.54, 1.807) is 0 Å². The molecular formula is C4H8O5S2. The first kappa shape index (κ1) is 9.27. The van der Waals surface area contributed by atoms with Crippen molar-refractivity contribution in [1.82, 2.24) is 0 Å². The van der Waals surface area contributed by atoms with Crippen LogP contribution in [0.1, 0.15) is 0 Å². The molecule has 1 rings (SSSR count). The summed E-state index contributed by atoms with van der Waals surface area (Å²) in [5, 5.41) is 0. The van der Waals surface area contributed by atoms with Gasteiger partial charge in [-0.2, -0.15) is 8.42 Å². The van der Waals surface area contributed by atoms with E-state index >= 15 is 0 Å². The molecule has 11 heavy (non-hydrogen) atoms. The molecule has 2 unspecified atom stereocenters. The smallest absolute Gasteiger partial charge is 0.400 e. The molecule has 0 spiro atoms. The van der Waals surface area contributed by atoms with Crippen molar-refractivity contribution in [2.24, 2.45) is 0 Å². The standard InChI is InChI=1S/C4H8O5S2/c1-10(5)3-4-2-8-11(6,7)9-4/h4H,2-3H2,1H3. The summed E-state index contributed by atoms with van der Waals surface area (Å²) >= 11 is -1.06. The Bertz CT molecular complexity index is 221. The van der Waals surface area contributed by atoms with E-state index in [4.69, 9.17) is 0 Å². The van der Waals surface area contributed by atoms with Crippen molar-refractivity contribution in [3.8, 4) is 0 Å². The predicted molar refractivity (Wildman–Crippen MR) is 38.7 cm³/mol. The average Bonchev–Trinajstić information content (AvgIpc) is 2.08. The van der Waals surface area contributed by atoms with E-state index in [2.05, 4.69) is 8.37 Å². The molecule has 5 nitrogen and oxygen atoms in total. The Hall–Kier alpha value is 0.180. The summed E-state index contributed by atoms with van der Waals surface area (Å²) in [5.74, 6) is 0.194. The van der Waals surface area contributed by atoms with Crippen LogP contribution in [0.2, 0.25) is 0 Å². The minimum absolute atomic E-state index is 0.0259. The van der Waals surface area contributed by atoms with Crippen LogP contribution < -0.4 is 0 Å². The van der Waals surface area contributed by atoms with Gasteiger partial charge in [-0.3, -0.25) is 0 Å². The molecule has 1 aliphatic heterocycles. The normalized spacial score (nSPS) is 32.0. The van der Waals surface area contributed by atoms with E-state index < -0.39 is 27.7 Å². The van der Waals surface area contributed by atoms with E-state index in [-0.39, 0.29) is 12.4 Å². The highest BCUT2D eigenvalue weighted by atomic mass is 32.3. The topological polar surface area (TPSA) is 75.7 Å². The van der Waals surface area contributed by atoms with Crippen LogP contribution in [0.3, 0.4) is 0 Å². The minimum atomic E-state index is -3.78. The third-order valence-electron chi connectivity index (χ3n) is 1.07. The zero-order valence-corrected chi connectivity index (χ0v) is 7.48. The molecule has 66 valence electrons. The predicted octanol–water partition coefficient (Wildman–Crippen LogP) is -0.975. The summed E-state index contributed by atoms with van der Waals surface area (Å²) in [5.41, 5.74) is 0. The SMILES string of the molecule is C[S+]([O-])CC1COS(=O)(=O)O1. The molecule has 0 N–H and O–H groups in total. The monoisotopic (exact) mass is 200 g/mol. The van der Waals surface area contributed by atoms with Gasteiger partial charge in [0.1, 0.15) is 18.5 Å². The first-order valence-corrected chi connectivity index (χ1v) is 5.93. The Balaban J connectivity index is 2.43. The fourth-order valence-corrected chi connectivity index (χ4v) is 2.32. The molecule has 0 saturated carbocycles. The molecule has 1 fully saturated rings. The van der Waals surface area contributed by atoms with Crippen LogP contribution in [0.4, 0.5) is 0 Å². The molecule has 0 aromatic carbocycles. The van der Waals surface area contributed by atoms with Crippen LogP contribution in [0.5, 0.6) is 0 Å². The van der Waals surface area contributed by atoms with Gasteiger partial charge in [-0.1, -0.05) is 11.2 Å². The van der Waals surface area contributed by atoms with Crippen LogP contribution in [0.15, 0.2) is 0 Å². The molecule has 0 aromatic heterocycles. The second-order valence-electron chi connectivity index (χ2n) is 2.15. The molecule has 2 atom stereocenters. The quantitative estimate of drug-likeness (QED) is 0.536. The molecule has 1 saturated heterocycles. The van der Waals surface area contributed by atoms with Crippen LogP contribution in [0, 0.1) is 0 Å². The lowest BCUT2D eigenvalue weighted by molar-refractivity contribution is 0.260. The van der Waals surface area contributed by atoms with Crippen molar-refractivity contribution in [2.75, 3.05) is 18.6 Å². The van der Waals surface area contributed by atoms with E-state index in [1.807, 2.05) is 0 Å². The maximum atomic E-state index is 10.6. The Morgan fingerprint density at radius 2 is 2.36 bits per heavy atom. The van der Waals surface area contributed by atoms with Gasteiger partial charge in [0.15, 0.2) is 0 Å². The first-order valence-electron chi connectivity index (χ1n) is 2.87. The van der Waals surface area contributed by atoms with Crippen molar-refractivity contribution in [3.05, 3.63) is 0 Å². The third-order valence-corrected chi connectivity index (χ3v) is 2.85. The van der Waals surface area contributed by atoms with Gasteiger partial charge in [0.25, 0.3) is 0 Å². The zero-order valence-electron chi connectivity index (χ0n) is 5.85. The molecule has 0 bridgehead atoms. The second-order valence-corrected chi connectivity index (χ2v) is 4.88. The Morgan fingerprint density at radius 1 is 1.73 bits per heavy atom. The highest BCUT2D eigenvalue weighted by Gasteiger charge is 2.32. The molecule has 1 heterocycles. The van der Waals surface area contributed by atoms with Crippen LogP contribution in [-0.2, 0) is 29.9 Å². The molecule has 0 aliphatic carbocycles. The van der Waals surface area contributed by atoms with Crippen molar-refractivity contribution in [3.63, 3.8) is 0 Å². The van der Waals surface area contributed by atoms with Gasteiger partial charge in [-0.15, -0.1) is 0 Å². The maximum absolute atomic E-state index is 10.6. The van der Waals surface area contributed by atoms with Crippen molar-refractivity contribution < 1.29 is 21.3 Å². The third kappa shape index (κ3) is 2.96. The lowest BCUT2D eigenvalue weighted by Crippen LogP contribution is -2.22. The van der Waals surface area contributed by atoms with Gasteiger partial charge < -0.3 is 4.55 Å². The minimum Gasteiger partial charge on any atom is -0.616 e. The fourth-order valence-electron chi connectivity index (χ4n) is 0.719. The van der Waals surface area contributed by atoms with Crippen molar-refractivity contribution in [1.29, 1.82) is 0 Å². The maximum Gasteiger partial charge on any atom is 0.400 e. The Kier molecular flexibility index (Phi) is 2.76. The molecule has 0 aromatic rings. The number of hydrogen-bond donors (Lipinski definition) is 0. The molecule has 0 radical (unpaired) electrons. The highest BCUT2D eigenvalue weighted by Crippen LogP contribution is 2.13. The van der Waals surface area contributed by atoms with Gasteiger partial charge in [-0.25, -0.2) is 8.37 Å². The molecule has 1 aliphatic rings. The summed E-state index contributed by atoms with van der Waals surface area (Å²) in [7, 11) is -3.78. The lowest BCUT2D eigenvalue weighted by Gasteiger charge is -2.06. The molecule has 0 amide bonds. The van der Waals surface area contributed by atoms with E-state index in [1.165, 1.54) is 6.26 Å². The Labute approximate surface area is 68.2 Å². The summed E-state index contributed by atoms with van der Waals surface area (Å²) in [4.78, 5) is 0. The van der Waals surface area contributed by atoms with Gasteiger partial charge in [0, 0.05) is 0 Å². The average molecular weight is 200 g/mol. The molecule has 7 heteroatoms. The van der Waals surface area contributed by atoms with Gasteiger partial charge in [-0.05, 0) is 0 Å². The van der Waals surface area contributed by atoms with Gasteiger partial charge in [0.05, 0.1) is 6.26 Å². The van der Waals surface area contributed by atoms with Gasteiger partial charge >= 0.3 is 10.4 Å². The van der Waals surface area contributed by atoms with Crippen LogP contribution in [0.25, 0.3) is 0 Å². The number of rotatable bonds is 2. The second kappa shape index (κ2) is 3.28. The highest BCUT2D eigenvalue weighted by molar-refractivity contribution is 7.90. The summed E-state index contributed by atoms with van der Waals surface area (Å²) < 4.78 is 40.2. The van der Waals surface area contributed by atoms with Crippen LogP contribution in [-0.4, -0.2) is 37.7 Å². The largest absolute Gasteiger partial charge is 0.616 e. The lowest BCUT2D eigenvalue weighted by atomic mass is 10.4. The summed E-state index contributed by atoms with van der Waals surface area (Å²) in [6.45, 7) is -0.0259. The van der Waals surface area contributed by atoms with E-state index in [0.29, 0.717) is 0 Å². The van der Waals surface area contributed by atoms with E-state index in [9.17, 15) is 13.0 Å². The first-order chi connectivity index (χ1) is 4.99. The van der Waals surface area contributed by atoms with Crippen molar-refractivity contribution >= 4 is 21.6 Å². The van der Waals surface area contributed by atoms with Crippen LogP contribution >= 0.6 is 0 Å². The summed E-state index contributed by atoms with van der Waals surface area (Å²) in [6, 6.07) is 0. The van der Waals surface area contributed by atoms with E-state index in [0.717, 1.165) is 0 Å². The molecular weight excluding hydrogens is 192 g/mol. The fraction of sp³-hybridized carbons (Fsp3) is 1.00.